The number of aromatic nitrogens is 2. The Hall–Kier alpha value is -1.03. The van der Waals surface area contributed by atoms with Crippen molar-refractivity contribution < 1.29 is 0 Å². The highest BCUT2D eigenvalue weighted by Gasteiger charge is 2.17. The second kappa shape index (κ2) is 6.23. The Kier molecular flexibility index (Phi) is 4.64. The van der Waals surface area contributed by atoms with Gasteiger partial charge in [0.15, 0.2) is 0 Å². The minimum atomic E-state index is 0.760. The smallest absolute Gasteiger partial charge is 0.203 e. The van der Waals surface area contributed by atoms with Crippen LogP contribution in [0, 0.1) is 12.8 Å². The number of anilines is 1. The van der Waals surface area contributed by atoms with E-state index >= 15 is 0 Å². The highest BCUT2D eigenvalue weighted by Crippen LogP contribution is 2.16. The van der Waals surface area contributed by atoms with Gasteiger partial charge in [0.1, 0.15) is 0 Å². The summed E-state index contributed by atoms with van der Waals surface area (Å²) < 4.78 is 2.24. The van der Waals surface area contributed by atoms with Gasteiger partial charge in [-0.15, -0.1) is 0 Å². The van der Waals surface area contributed by atoms with Crippen molar-refractivity contribution in [2.45, 2.75) is 39.7 Å². The zero-order valence-corrected chi connectivity index (χ0v) is 11.9. The normalized spacial score (nSPS) is 21.2. The van der Waals surface area contributed by atoms with Crippen LogP contribution in [0.2, 0.25) is 0 Å². The van der Waals surface area contributed by atoms with Crippen molar-refractivity contribution in [3.8, 4) is 0 Å². The maximum absolute atomic E-state index is 4.57. The van der Waals surface area contributed by atoms with Gasteiger partial charge >= 0.3 is 0 Å². The summed E-state index contributed by atoms with van der Waals surface area (Å²) >= 11 is 0. The summed E-state index contributed by atoms with van der Waals surface area (Å²) in [6, 6.07) is 0. The third-order valence-corrected chi connectivity index (χ3v) is 3.63. The van der Waals surface area contributed by atoms with E-state index in [1.807, 2.05) is 0 Å². The summed E-state index contributed by atoms with van der Waals surface area (Å²) in [6.07, 6.45) is 5.95. The van der Waals surface area contributed by atoms with Crippen LogP contribution in [0.3, 0.4) is 0 Å². The molecule has 1 saturated heterocycles. The van der Waals surface area contributed by atoms with Gasteiger partial charge in [0.25, 0.3) is 0 Å². The molecule has 1 N–H and O–H groups in total. The summed E-state index contributed by atoms with van der Waals surface area (Å²) in [6.45, 7) is 8.82. The standard InChI is InChI=1S/C14H26N4/c1-4-7-18-10-12(2)16-14(18)15-9-13-6-5-8-17(3)11-13/h10,13H,4-9,11H2,1-3H3,(H,15,16). The SMILES string of the molecule is CCCn1cc(C)nc1NCC1CCCN(C)C1. The van der Waals surface area contributed by atoms with Crippen LogP contribution >= 0.6 is 0 Å². The van der Waals surface area contributed by atoms with Crippen LogP contribution in [-0.4, -0.2) is 41.1 Å². The van der Waals surface area contributed by atoms with Crippen molar-refractivity contribution in [2.75, 3.05) is 32.0 Å². The lowest BCUT2D eigenvalue weighted by Crippen LogP contribution is -2.35. The van der Waals surface area contributed by atoms with Gasteiger partial charge in [-0.1, -0.05) is 6.92 Å². The van der Waals surface area contributed by atoms with Crippen molar-refractivity contribution in [3.05, 3.63) is 11.9 Å². The van der Waals surface area contributed by atoms with Gasteiger partial charge in [-0.05, 0) is 45.7 Å². The topological polar surface area (TPSA) is 33.1 Å². The fraction of sp³-hybridized carbons (Fsp3) is 0.786. The minimum Gasteiger partial charge on any atom is -0.355 e. The fourth-order valence-corrected chi connectivity index (χ4v) is 2.77. The summed E-state index contributed by atoms with van der Waals surface area (Å²) in [5, 5.41) is 3.53. The third-order valence-electron chi connectivity index (χ3n) is 3.63. The number of aryl methyl sites for hydroxylation is 2. The predicted octanol–water partition coefficient (Wildman–Crippen LogP) is 2.36. The van der Waals surface area contributed by atoms with E-state index in [1.165, 1.54) is 25.9 Å². The maximum atomic E-state index is 4.57. The van der Waals surface area contributed by atoms with E-state index < -0.39 is 0 Å². The van der Waals surface area contributed by atoms with Gasteiger partial charge < -0.3 is 14.8 Å². The van der Waals surface area contributed by atoms with Gasteiger partial charge in [0.2, 0.25) is 5.95 Å². The molecule has 0 bridgehead atoms. The van der Waals surface area contributed by atoms with Gasteiger partial charge in [0, 0.05) is 25.8 Å². The van der Waals surface area contributed by atoms with E-state index in [9.17, 15) is 0 Å². The van der Waals surface area contributed by atoms with Crippen LogP contribution in [-0.2, 0) is 6.54 Å². The van der Waals surface area contributed by atoms with Crippen molar-refractivity contribution in [1.82, 2.24) is 14.5 Å². The number of imidazole rings is 1. The Labute approximate surface area is 110 Å². The summed E-state index contributed by atoms with van der Waals surface area (Å²) in [5.74, 6) is 1.80. The number of hydrogen-bond donors (Lipinski definition) is 1. The van der Waals surface area contributed by atoms with E-state index in [0.717, 1.165) is 37.1 Å². The molecule has 0 aliphatic carbocycles. The molecule has 2 rings (SSSR count). The molecule has 4 nitrogen and oxygen atoms in total. The lowest BCUT2D eigenvalue weighted by molar-refractivity contribution is 0.217. The minimum absolute atomic E-state index is 0.760. The number of nitrogens with one attached hydrogen (secondary N) is 1. The summed E-state index contributed by atoms with van der Waals surface area (Å²) in [7, 11) is 2.22. The lowest BCUT2D eigenvalue weighted by Gasteiger charge is -2.29. The summed E-state index contributed by atoms with van der Waals surface area (Å²) in [4.78, 5) is 7.00. The molecule has 0 saturated carbocycles. The molecule has 1 aromatic heterocycles. The molecule has 0 amide bonds. The Morgan fingerprint density at radius 1 is 1.50 bits per heavy atom. The van der Waals surface area contributed by atoms with Crippen molar-refractivity contribution >= 4 is 5.95 Å². The first-order valence-corrected chi connectivity index (χ1v) is 7.15. The molecule has 0 aromatic carbocycles. The summed E-state index contributed by atoms with van der Waals surface area (Å²) in [5.41, 5.74) is 1.10. The quantitative estimate of drug-likeness (QED) is 0.871. The van der Waals surface area contributed by atoms with Crippen LogP contribution < -0.4 is 5.32 Å². The Bertz CT molecular complexity index is 372. The first-order chi connectivity index (χ1) is 8.69. The molecule has 1 aromatic rings. The Morgan fingerprint density at radius 2 is 2.33 bits per heavy atom. The Balaban J connectivity index is 1.88. The van der Waals surface area contributed by atoms with Crippen LogP contribution in [0.4, 0.5) is 5.95 Å². The molecule has 1 fully saturated rings. The molecule has 0 spiro atoms. The Morgan fingerprint density at radius 3 is 3.06 bits per heavy atom. The highest BCUT2D eigenvalue weighted by molar-refractivity contribution is 5.28. The van der Waals surface area contributed by atoms with E-state index in [-0.39, 0.29) is 0 Å². The second-order valence-electron chi connectivity index (χ2n) is 5.55. The van der Waals surface area contributed by atoms with Gasteiger partial charge in [0.05, 0.1) is 5.69 Å². The first-order valence-electron chi connectivity index (χ1n) is 7.15. The predicted molar refractivity (Wildman–Crippen MR) is 76.0 cm³/mol. The molecule has 1 aliphatic rings. The molecule has 2 heterocycles. The molecular weight excluding hydrogens is 224 g/mol. The first kappa shape index (κ1) is 13.4. The number of rotatable bonds is 5. The van der Waals surface area contributed by atoms with Gasteiger partial charge in [-0.25, -0.2) is 4.98 Å². The largest absolute Gasteiger partial charge is 0.355 e. The molecule has 18 heavy (non-hydrogen) atoms. The second-order valence-corrected chi connectivity index (χ2v) is 5.55. The van der Waals surface area contributed by atoms with Crippen LogP contribution in [0.5, 0.6) is 0 Å². The molecule has 1 unspecified atom stereocenters. The van der Waals surface area contributed by atoms with Gasteiger partial charge in [-0.3, -0.25) is 0 Å². The number of piperidine rings is 1. The highest BCUT2D eigenvalue weighted by atomic mass is 15.2. The number of nitrogens with zero attached hydrogens (tertiary/aromatic N) is 3. The van der Waals surface area contributed by atoms with Crippen molar-refractivity contribution in [2.24, 2.45) is 5.92 Å². The zero-order valence-electron chi connectivity index (χ0n) is 11.9. The van der Waals surface area contributed by atoms with Crippen LogP contribution in [0.1, 0.15) is 31.9 Å². The molecule has 0 radical (unpaired) electrons. The maximum Gasteiger partial charge on any atom is 0.203 e. The van der Waals surface area contributed by atoms with E-state index in [2.05, 4.69) is 46.9 Å². The van der Waals surface area contributed by atoms with Crippen molar-refractivity contribution in [3.63, 3.8) is 0 Å². The lowest BCUT2D eigenvalue weighted by atomic mass is 9.99. The van der Waals surface area contributed by atoms with Crippen molar-refractivity contribution in [1.29, 1.82) is 0 Å². The fourth-order valence-electron chi connectivity index (χ4n) is 2.77. The van der Waals surface area contributed by atoms with Gasteiger partial charge in [-0.2, -0.15) is 0 Å². The molecule has 1 aliphatic heterocycles. The average molecular weight is 250 g/mol. The molecule has 102 valence electrons. The zero-order chi connectivity index (χ0) is 13.0. The number of hydrogen-bond acceptors (Lipinski definition) is 3. The molecule has 1 atom stereocenters. The molecular formula is C14H26N4. The monoisotopic (exact) mass is 250 g/mol. The van der Waals surface area contributed by atoms with E-state index in [0.29, 0.717) is 0 Å². The average Bonchev–Trinajstić information content (AvgIpc) is 2.68. The third kappa shape index (κ3) is 3.48. The molecule has 4 heteroatoms. The van der Waals surface area contributed by atoms with E-state index in [4.69, 9.17) is 0 Å². The van der Waals surface area contributed by atoms with E-state index in [1.54, 1.807) is 0 Å². The number of likely N-dealkylation sites (tertiary alicyclic amines) is 1. The van der Waals surface area contributed by atoms with Crippen LogP contribution in [0.15, 0.2) is 6.20 Å². The van der Waals surface area contributed by atoms with Crippen LogP contribution in [0.25, 0.3) is 0 Å².